The Hall–Kier alpha value is -3.47. The van der Waals surface area contributed by atoms with E-state index in [1.165, 1.54) is 6.20 Å². The minimum atomic E-state index is -4.42. The molecule has 2 aromatic rings. The van der Waals surface area contributed by atoms with Crippen LogP contribution >= 0.6 is 0 Å². The van der Waals surface area contributed by atoms with Crippen LogP contribution in [-0.2, 0) is 6.54 Å². The summed E-state index contributed by atoms with van der Waals surface area (Å²) >= 11 is 0. The molecule has 1 aliphatic heterocycles. The summed E-state index contributed by atoms with van der Waals surface area (Å²) in [5.41, 5.74) is 3.79. The van der Waals surface area contributed by atoms with Crippen molar-refractivity contribution >= 4 is 17.3 Å². The van der Waals surface area contributed by atoms with Crippen LogP contribution < -0.4 is 5.32 Å². The van der Waals surface area contributed by atoms with Gasteiger partial charge in [0.25, 0.3) is 5.91 Å². The van der Waals surface area contributed by atoms with Crippen molar-refractivity contribution in [2.45, 2.75) is 26.6 Å². The number of amides is 1. The molecular weight excluding hydrogens is 369 g/mol. The van der Waals surface area contributed by atoms with Gasteiger partial charge in [-0.25, -0.2) is 4.98 Å². The van der Waals surface area contributed by atoms with Gasteiger partial charge in [0.05, 0.1) is 17.8 Å². The molecule has 1 amide bonds. The highest BCUT2D eigenvalue weighted by molar-refractivity contribution is 6.12. The molecule has 0 fully saturated rings. The third-order valence-corrected chi connectivity index (χ3v) is 4.47. The minimum Gasteiger partial charge on any atom is -0.321 e. The van der Waals surface area contributed by atoms with E-state index >= 15 is 0 Å². The van der Waals surface area contributed by atoms with Crippen LogP contribution in [0, 0.1) is 25.2 Å². The van der Waals surface area contributed by atoms with E-state index in [1.807, 2.05) is 6.07 Å². The Morgan fingerprint density at radius 3 is 2.71 bits per heavy atom. The zero-order valence-electron chi connectivity index (χ0n) is 15.1. The fourth-order valence-corrected chi connectivity index (χ4v) is 2.84. The Bertz CT molecular complexity index is 1060. The van der Waals surface area contributed by atoms with Crippen molar-refractivity contribution in [1.82, 2.24) is 4.98 Å². The SMILES string of the molecule is Cc1c(C#N)cnc(C(=O)Nc2ccc3c(c2)C(/C=C/C(F)(F)F)=NC3)c1C. The number of halogens is 3. The number of allylic oxidation sites excluding steroid dienone is 2. The molecule has 0 atom stereocenters. The molecular formula is C20H15F3N4O. The van der Waals surface area contributed by atoms with Crippen molar-refractivity contribution in [3.63, 3.8) is 0 Å². The summed E-state index contributed by atoms with van der Waals surface area (Å²) in [7, 11) is 0. The molecule has 0 bridgehead atoms. The standard InChI is InChI=1S/C20H15F3N4O/c1-11-12(2)18(26-10-14(11)8-24)19(28)27-15-4-3-13-9-25-17(16(13)7-15)5-6-20(21,22)23/h3-7,10H,9H2,1-2H3,(H,27,28)/b6-5+. The average molecular weight is 384 g/mol. The molecule has 0 saturated heterocycles. The van der Waals surface area contributed by atoms with E-state index < -0.39 is 12.1 Å². The minimum absolute atomic E-state index is 0.138. The van der Waals surface area contributed by atoms with E-state index in [9.17, 15) is 18.0 Å². The molecule has 5 nitrogen and oxygen atoms in total. The summed E-state index contributed by atoms with van der Waals surface area (Å²) in [6.07, 6.45) is -2.02. The lowest BCUT2D eigenvalue weighted by atomic mass is 10.0. The Labute approximate surface area is 159 Å². The molecule has 1 aromatic carbocycles. The van der Waals surface area contributed by atoms with E-state index in [0.29, 0.717) is 27.9 Å². The molecule has 8 heteroatoms. The molecule has 1 aromatic heterocycles. The summed E-state index contributed by atoms with van der Waals surface area (Å²) in [4.78, 5) is 20.7. The number of nitrogens with zero attached hydrogens (tertiary/aromatic N) is 3. The first kappa shape index (κ1) is 19.3. The van der Waals surface area contributed by atoms with Crippen molar-refractivity contribution in [3.05, 3.63) is 70.1 Å². The first-order valence-electron chi connectivity index (χ1n) is 8.31. The van der Waals surface area contributed by atoms with Gasteiger partial charge in [-0.15, -0.1) is 0 Å². The average Bonchev–Trinajstić information content (AvgIpc) is 3.04. The largest absolute Gasteiger partial charge is 0.409 e. The zero-order chi connectivity index (χ0) is 20.5. The third kappa shape index (κ3) is 3.93. The maximum absolute atomic E-state index is 12.6. The van der Waals surface area contributed by atoms with Crippen LogP contribution in [0.15, 0.2) is 41.5 Å². The van der Waals surface area contributed by atoms with Crippen LogP contribution in [0.2, 0.25) is 0 Å². The van der Waals surface area contributed by atoms with Gasteiger partial charge in [-0.2, -0.15) is 18.4 Å². The van der Waals surface area contributed by atoms with E-state index in [-0.39, 0.29) is 24.0 Å². The number of hydrogen-bond acceptors (Lipinski definition) is 4. The number of nitriles is 1. The number of aliphatic imine (C=N–C) groups is 1. The number of fused-ring (bicyclic) bond motifs is 1. The third-order valence-electron chi connectivity index (χ3n) is 4.47. The molecule has 3 rings (SSSR count). The lowest BCUT2D eigenvalue weighted by Gasteiger charge is -2.11. The van der Waals surface area contributed by atoms with Crippen LogP contribution in [0.5, 0.6) is 0 Å². The first-order valence-corrected chi connectivity index (χ1v) is 8.31. The quantitative estimate of drug-likeness (QED) is 0.860. The van der Waals surface area contributed by atoms with Gasteiger partial charge in [-0.1, -0.05) is 6.07 Å². The number of alkyl halides is 3. The number of hydrogen-bond donors (Lipinski definition) is 1. The van der Waals surface area contributed by atoms with Gasteiger partial charge in [0, 0.05) is 23.5 Å². The maximum Gasteiger partial charge on any atom is 0.409 e. The van der Waals surface area contributed by atoms with Crippen molar-refractivity contribution in [2.24, 2.45) is 4.99 Å². The summed E-state index contributed by atoms with van der Waals surface area (Å²) < 4.78 is 37.3. The van der Waals surface area contributed by atoms with Crippen LogP contribution in [0.3, 0.4) is 0 Å². The van der Waals surface area contributed by atoms with Gasteiger partial charge in [-0.3, -0.25) is 9.79 Å². The van der Waals surface area contributed by atoms with Gasteiger partial charge in [0.2, 0.25) is 0 Å². The lowest BCUT2D eigenvalue weighted by Crippen LogP contribution is -2.16. The molecule has 0 radical (unpaired) electrons. The molecule has 0 unspecified atom stereocenters. The van der Waals surface area contributed by atoms with Crippen molar-refractivity contribution in [3.8, 4) is 6.07 Å². The normalized spacial score (nSPS) is 13.2. The molecule has 1 N–H and O–H groups in total. The van der Waals surface area contributed by atoms with Crippen molar-refractivity contribution in [2.75, 3.05) is 5.32 Å². The summed E-state index contributed by atoms with van der Waals surface area (Å²) in [5.74, 6) is -0.465. The fraction of sp³-hybridized carbons (Fsp3) is 0.200. The second-order valence-electron chi connectivity index (χ2n) is 6.28. The molecule has 2 heterocycles. The maximum atomic E-state index is 12.6. The number of nitrogens with one attached hydrogen (secondary N) is 1. The number of carbonyl (C=O) groups is 1. The molecule has 0 aliphatic carbocycles. The summed E-state index contributed by atoms with van der Waals surface area (Å²) in [6.45, 7) is 3.72. The van der Waals surface area contributed by atoms with E-state index in [0.717, 1.165) is 11.6 Å². The Kier molecular flexibility index (Phi) is 5.01. The Morgan fingerprint density at radius 2 is 2.04 bits per heavy atom. The second kappa shape index (κ2) is 7.27. The number of carbonyl (C=O) groups excluding carboxylic acids is 1. The van der Waals surface area contributed by atoms with Crippen LogP contribution in [0.1, 0.15) is 38.3 Å². The second-order valence-corrected chi connectivity index (χ2v) is 6.28. The highest BCUT2D eigenvalue weighted by Crippen LogP contribution is 2.25. The van der Waals surface area contributed by atoms with E-state index in [4.69, 9.17) is 5.26 Å². The van der Waals surface area contributed by atoms with Crippen molar-refractivity contribution in [1.29, 1.82) is 5.26 Å². The lowest BCUT2D eigenvalue weighted by molar-refractivity contribution is -0.0797. The van der Waals surface area contributed by atoms with E-state index in [2.05, 4.69) is 15.3 Å². The van der Waals surface area contributed by atoms with Crippen LogP contribution in [-0.4, -0.2) is 22.8 Å². The Morgan fingerprint density at radius 1 is 1.29 bits per heavy atom. The van der Waals surface area contributed by atoms with Crippen LogP contribution in [0.25, 0.3) is 0 Å². The predicted octanol–water partition coefficient (Wildman–Crippen LogP) is 4.24. The molecule has 0 saturated carbocycles. The molecule has 142 valence electrons. The highest BCUT2D eigenvalue weighted by atomic mass is 19.4. The smallest absolute Gasteiger partial charge is 0.321 e. The summed E-state index contributed by atoms with van der Waals surface area (Å²) in [6, 6.07) is 6.98. The summed E-state index contributed by atoms with van der Waals surface area (Å²) in [5, 5.41) is 11.7. The van der Waals surface area contributed by atoms with Gasteiger partial charge in [0.1, 0.15) is 11.8 Å². The molecule has 0 spiro atoms. The number of rotatable bonds is 3. The topological polar surface area (TPSA) is 78.1 Å². The highest BCUT2D eigenvalue weighted by Gasteiger charge is 2.24. The van der Waals surface area contributed by atoms with Gasteiger partial charge in [-0.05, 0) is 48.7 Å². The van der Waals surface area contributed by atoms with E-state index in [1.54, 1.807) is 32.0 Å². The Balaban J connectivity index is 1.85. The number of anilines is 1. The fourth-order valence-electron chi connectivity index (χ4n) is 2.84. The monoisotopic (exact) mass is 384 g/mol. The molecule has 28 heavy (non-hydrogen) atoms. The molecule has 1 aliphatic rings. The van der Waals surface area contributed by atoms with Gasteiger partial charge in [0.15, 0.2) is 0 Å². The van der Waals surface area contributed by atoms with Gasteiger partial charge >= 0.3 is 6.18 Å². The zero-order valence-corrected chi connectivity index (χ0v) is 15.1. The number of benzene rings is 1. The number of aromatic nitrogens is 1. The van der Waals surface area contributed by atoms with Gasteiger partial charge < -0.3 is 5.32 Å². The van der Waals surface area contributed by atoms with Crippen LogP contribution in [0.4, 0.5) is 18.9 Å². The predicted molar refractivity (Wildman–Crippen MR) is 98.3 cm³/mol. The van der Waals surface area contributed by atoms with Crippen molar-refractivity contribution < 1.29 is 18.0 Å². The first-order chi connectivity index (χ1) is 13.2. The number of pyridine rings is 1.